The van der Waals surface area contributed by atoms with Crippen LogP contribution < -0.4 is 0 Å². The number of hydrogen-bond donors (Lipinski definition) is 0. The van der Waals surface area contributed by atoms with Crippen molar-refractivity contribution in [2.24, 2.45) is 0 Å². The van der Waals surface area contributed by atoms with E-state index in [0.29, 0.717) is 12.8 Å². The Morgan fingerprint density at radius 1 is 0.857 bits per heavy atom. The Morgan fingerprint density at radius 3 is 2.00 bits per heavy atom. The maximum absolute atomic E-state index is 13.1. The van der Waals surface area contributed by atoms with E-state index in [1.807, 2.05) is 30.3 Å². The Morgan fingerprint density at radius 2 is 1.43 bits per heavy atom. The van der Waals surface area contributed by atoms with E-state index in [1.54, 1.807) is 0 Å². The zero-order valence-electron chi connectivity index (χ0n) is 11.6. The summed E-state index contributed by atoms with van der Waals surface area (Å²) in [5, 5.41) is 0. The molecule has 0 atom stereocenters. The summed E-state index contributed by atoms with van der Waals surface area (Å²) in [4.78, 5) is 0.203. The van der Waals surface area contributed by atoms with Crippen LogP contribution in [0.25, 0.3) is 0 Å². The van der Waals surface area contributed by atoms with Crippen molar-refractivity contribution >= 4 is 9.84 Å². The first-order chi connectivity index (χ1) is 10.1. The Kier molecular flexibility index (Phi) is 3.57. The molecule has 0 heterocycles. The van der Waals surface area contributed by atoms with Crippen LogP contribution in [0.1, 0.15) is 31.2 Å². The molecule has 0 saturated heterocycles. The third-order valence-corrected chi connectivity index (χ3v) is 6.91. The van der Waals surface area contributed by atoms with Gasteiger partial charge in [-0.15, -0.1) is 0 Å². The molecule has 0 spiro atoms. The van der Waals surface area contributed by atoms with Crippen molar-refractivity contribution in [2.75, 3.05) is 0 Å². The SMILES string of the molecule is O=S(=O)(c1ccc(F)cc1)C1(c2ccccc2)CCCC1. The van der Waals surface area contributed by atoms with E-state index in [9.17, 15) is 12.8 Å². The molecule has 0 N–H and O–H groups in total. The first kappa shape index (κ1) is 14.3. The fourth-order valence-corrected chi connectivity index (χ4v) is 5.46. The molecule has 0 amide bonds. The minimum absolute atomic E-state index is 0.203. The maximum atomic E-state index is 13.1. The summed E-state index contributed by atoms with van der Waals surface area (Å²) in [6.45, 7) is 0. The molecule has 1 saturated carbocycles. The van der Waals surface area contributed by atoms with Crippen molar-refractivity contribution in [1.29, 1.82) is 0 Å². The highest BCUT2D eigenvalue weighted by atomic mass is 32.2. The van der Waals surface area contributed by atoms with Gasteiger partial charge in [-0.25, -0.2) is 12.8 Å². The minimum atomic E-state index is -3.54. The molecule has 2 aromatic rings. The molecular weight excluding hydrogens is 287 g/mol. The van der Waals surface area contributed by atoms with Gasteiger partial charge in [0.2, 0.25) is 0 Å². The smallest absolute Gasteiger partial charge is 0.188 e. The average Bonchev–Trinajstić information content (AvgIpc) is 3.00. The summed E-state index contributed by atoms with van der Waals surface area (Å²) in [5.74, 6) is -0.422. The van der Waals surface area contributed by atoms with Gasteiger partial charge >= 0.3 is 0 Å². The molecule has 0 unspecified atom stereocenters. The van der Waals surface area contributed by atoms with Gasteiger partial charge in [0.25, 0.3) is 0 Å². The summed E-state index contributed by atoms with van der Waals surface area (Å²) in [6, 6.07) is 14.5. The monoisotopic (exact) mass is 304 g/mol. The molecule has 0 radical (unpaired) electrons. The lowest BCUT2D eigenvalue weighted by atomic mass is 9.97. The van der Waals surface area contributed by atoms with Crippen molar-refractivity contribution in [3.05, 3.63) is 66.0 Å². The highest BCUT2D eigenvalue weighted by Crippen LogP contribution is 2.48. The molecule has 1 aliphatic carbocycles. The van der Waals surface area contributed by atoms with Crippen molar-refractivity contribution in [3.63, 3.8) is 0 Å². The van der Waals surface area contributed by atoms with Crippen LogP contribution in [-0.4, -0.2) is 8.42 Å². The van der Waals surface area contributed by atoms with Gasteiger partial charge in [-0.3, -0.25) is 0 Å². The molecule has 0 aromatic heterocycles. The minimum Gasteiger partial charge on any atom is -0.223 e. The molecule has 2 nitrogen and oxygen atoms in total. The van der Waals surface area contributed by atoms with Crippen LogP contribution in [0.4, 0.5) is 4.39 Å². The Balaban J connectivity index is 2.15. The van der Waals surface area contributed by atoms with E-state index in [4.69, 9.17) is 0 Å². The fraction of sp³-hybridized carbons (Fsp3) is 0.294. The number of benzene rings is 2. The lowest BCUT2D eigenvalue weighted by Crippen LogP contribution is -2.33. The van der Waals surface area contributed by atoms with Gasteiger partial charge in [0.1, 0.15) is 10.6 Å². The van der Waals surface area contributed by atoms with Gasteiger partial charge in [0.05, 0.1) is 4.90 Å². The van der Waals surface area contributed by atoms with Crippen LogP contribution in [0, 0.1) is 5.82 Å². The van der Waals surface area contributed by atoms with E-state index in [2.05, 4.69) is 0 Å². The summed E-state index contributed by atoms with van der Waals surface area (Å²) in [5.41, 5.74) is 0.840. The van der Waals surface area contributed by atoms with Gasteiger partial charge in [-0.1, -0.05) is 43.2 Å². The van der Waals surface area contributed by atoms with Gasteiger partial charge in [0, 0.05) is 0 Å². The highest BCUT2D eigenvalue weighted by Gasteiger charge is 2.47. The van der Waals surface area contributed by atoms with Crippen LogP contribution in [0.3, 0.4) is 0 Å². The van der Waals surface area contributed by atoms with Gasteiger partial charge in [0.15, 0.2) is 9.84 Å². The average molecular weight is 304 g/mol. The maximum Gasteiger partial charge on any atom is 0.188 e. The molecule has 1 fully saturated rings. The molecule has 4 heteroatoms. The van der Waals surface area contributed by atoms with Crippen LogP contribution in [0.2, 0.25) is 0 Å². The van der Waals surface area contributed by atoms with E-state index in [-0.39, 0.29) is 4.90 Å². The molecule has 21 heavy (non-hydrogen) atoms. The van der Waals surface area contributed by atoms with Crippen LogP contribution in [0.5, 0.6) is 0 Å². The second kappa shape index (κ2) is 5.26. The van der Waals surface area contributed by atoms with Gasteiger partial charge < -0.3 is 0 Å². The predicted molar refractivity (Wildman–Crippen MR) is 80.2 cm³/mol. The quantitative estimate of drug-likeness (QED) is 0.801. The van der Waals surface area contributed by atoms with Crippen LogP contribution in [-0.2, 0) is 14.6 Å². The second-order valence-electron chi connectivity index (χ2n) is 5.52. The predicted octanol–water partition coefficient (Wildman–Crippen LogP) is 4.07. The fourth-order valence-electron chi connectivity index (χ4n) is 3.24. The largest absolute Gasteiger partial charge is 0.223 e. The lowest BCUT2D eigenvalue weighted by Gasteiger charge is -2.29. The molecule has 0 aliphatic heterocycles. The normalized spacial score (nSPS) is 17.8. The number of sulfone groups is 1. The first-order valence-electron chi connectivity index (χ1n) is 7.12. The number of halogens is 1. The Labute approximate surface area is 124 Å². The number of rotatable bonds is 3. The second-order valence-corrected chi connectivity index (χ2v) is 7.78. The lowest BCUT2D eigenvalue weighted by molar-refractivity contribution is 0.523. The van der Waals surface area contributed by atoms with Crippen LogP contribution in [0.15, 0.2) is 59.5 Å². The molecule has 3 rings (SSSR count). The van der Waals surface area contributed by atoms with Gasteiger partial charge in [-0.2, -0.15) is 0 Å². The summed E-state index contributed by atoms with van der Waals surface area (Å²) in [6.07, 6.45) is 3.04. The Hall–Kier alpha value is -1.68. The zero-order chi connectivity index (χ0) is 14.9. The summed E-state index contributed by atoms with van der Waals surface area (Å²) >= 11 is 0. The first-order valence-corrected chi connectivity index (χ1v) is 8.60. The van der Waals surface area contributed by atoms with Gasteiger partial charge in [-0.05, 0) is 42.7 Å². The summed E-state index contributed by atoms with van der Waals surface area (Å²) in [7, 11) is -3.54. The van der Waals surface area contributed by atoms with Crippen LogP contribution >= 0.6 is 0 Å². The molecule has 1 aliphatic rings. The molecular formula is C17H17FO2S. The number of hydrogen-bond acceptors (Lipinski definition) is 2. The topological polar surface area (TPSA) is 34.1 Å². The van der Waals surface area contributed by atoms with E-state index < -0.39 is 20.4 Å². The van der Waals surface area contributed by atoms with E-state index in [1.165, 1.54) is 24.3 Å². The van der Waals surface area contributed by atoms with Crippen molar-refractivity contribution in [1.82, 2.24) is 0 Å². The molecule has 110 valence electrons. The molecule has 0 bridgehead atoms. The van der Waals surface area contributed by atoms with E-state index in [0.717, 1.165) is 18.4 Å². The standard InChI is InChI=1S/C17H17FO2S/c18-15-8-10-16(11-9-15)21(19,20)17(12-4-5-13-17)14-6-2-1-3-7-14/h1-3,6-11H,4-5,12-13H2. The Bertz CT molecular complexity index is 715. The summed E-state index contributed by atoms with van der Waals surface area (Å²) < 4.78 is 38.5. The van der Waals surface area contributed by atoms with Crippen molar-refractivity contribution in [2.45, 2.75) is 35.3 Å². The highest BCUT2D eigenvalue weighted by molar-refractivity contribution is 7.92. The molecule has 2 aromatic carbocycles. The van der Waals surface area contributed by atoms with E-state index >= 15 is 0 Å². The van der Waals surface area contributed by atoms with Crippen molar-refractivity contribution in [3.8, 4) is 0 Å². The van der Waals surface area contributed by atoms with Crippen molar-refractivity contribution < 1.29 is 12.8 Å². The third-order valence-electron chi connectivity index (χ3n) is 4.35. The zero-order valence-corrected chi connectivity index (χ0v) is 12.4. The third kappa shape index (κ3) is 2.27.